The summed E-state index contributed by atoms with van der Waals surface area (Å²) in [7, 11) is 0. The summed E-state index contributed by atoms with van der Waals surface area (Å²) in [6.45, 7) is 0.420. The van der Waals surface area contributed by atoms with Crippen molar-refractivity contribution in [3.8, 4) is 0 Å². The van der Waals surface area contributed by atoms with Crippen molar-refractivity contribution in [1.82, 2.24) is 16.0 Å². The van der Waals surface area contributed by atoms with Gasteiger partial charge in [0.15, 0.2) is 0 Å². The van der Waals surface area contributed by atoms with Crippen LogP contribution >= 0.6 is 0 Å². The fraction of sp³-hybridized carbons (Fsp3) is 0.800. The van der Waals surface area contributed by atoms with E-state index < -0.39 is 0 Å². The molecule has 5 heteroatoms. The fourth-order valence-electron chi connectivity index (χ4n) is 1.27. The third-order valence-electron chi connectivity index (χ3n) is 2.52. The van der Waals surface area contributed by atoms with Crippen LogP contribution in [0.25, 0.3) is 0 Å². The highest BCUT2D eigenvalue weighted by Crippen LogP contribution is 2.18. The molecule has 2 saturated carbocycles. The molecule has 2 fully saturated rings. The highest BCUT2D eigenvalue weighted by atomic mass is 16.2. The molecule has 2 aliphatic carbocycles. The molecule has 0 aromatic heterocycles. The second-order valence-corrected chi connectivity index (χ2v) is 4.27. The Morgan fingerprint density at radius 1 is 0.933 bits per heavy atom. The lowest BCUT2D eigenvalue weighted by molar-refractivity contribution is -0.125. The molecule has 0 atom stereocenters. The van der Waals surface area contributed by atoms with Crippen LogP contribution in [0.4, 0.5) is 0 Å². The van der Waals surface area contributed by atoms with Crippen molar-refractivity contribution in [2.75, 3.05) is 13.1 Å². The highest BCUT2D eigenvalue weighted by molar-refractivity contribution is 5.85. The molecule has 2 rings (SSSR count). The Labute approximate surface area is 89.0 Å². The molecular formula is C10H17N3O2. The molecule has 0 aromatic rings. The summed E-state index contributed by atoms with van der Waals surface area (Å²) in [5.41, 5.74) is 0. The van der Waals surface area contributed by atoms with Gasteiger partial charge in [0, 0.05) is 12.1 Å². The van der Waals surface area contributed by atoms with E-state index in [1.165, 1.54) is 0 Å². The van der Waals surface area contributed by atoms with E-state index in [1.807, 2.05) is 0 Å². The third kappa shape index (κ3) is 4.29. The summed E-state index contributed by atoms with van der Waals surface area (Å²) in [6.07, 6.45) is 4.47. The van der Waals surface area contributed by atoms with E-state index in [0.717, 1.165) is 25.7 Å². The molecule has 0 aliphatic heterocycles. The molecule has 5 nitrogen and oxygen atoms in total. The minimum atomic E-state index is -0.104. The zero-order valence-electron chi connectivity index (χ0n) is 8.71. The van der Waals surface area contributed by atoms with Gasteiger partial charge in [-0.25, -0.2) is 0 Å². The maximum Gasteiger partial charge on any atom is 0.239 e. The number of rotatable bonds is 6. The second-order valence-electron chi connectivity index (χ2n) is 4.27. The van der Waals surface area contributed by atoms with E-state index in [0.29, 0.717) is 18.6 Å². The molecule has 2 amide bonds. The highest BCUT2D eigenvalue weighted by Gasteiger charge is 2.23. The summed E-state index contributed by atoms with van der Waals surface area (Å²) in [6, 6.07) is 0.884. The molecule has 0 aromatic carbocycles. The molecule has 84 valence electrons. The monoisotopic (exact) mass is 211 g/mol. The van der Waals surface area contributed by atoms with Gasteiger partial charge in [-0.3, -0.25) is 9.59 Å². The van der Waals surface area contributed by atoms with Gasteiger partial charge in [0.1, 0.15) is 0 Å². The largest absolute Gasteiger partial charge is 0.352 e. The fourth-order valence-corrected chi connectivity index (χ4v) is 1.27. The second kappa shape index (κ2) is 4.61. The van der Waals surface area contributed by atoms with E-state index in [9.17, 15) is 9.59 Å². The minimum absolute atomic E-state index is 0.0859. The number of hydrogen-bond donors (Lipinski definition) is 3. The number of carbonyl (C=O) groups excluding carboxylic acids is 2. The first-order valence-corrected chi connectivity index (χ1v) is 5.53. The van der Waals surface area contributed by atoms with Gasteiger partial charge < -0.3 is 16.0 Å². The summed E-state index contributed by atoms with van der Waals surface area (Å²) in [4.78, 5) is 22.4. The quantitative estimate of drug-likeness (QED) is 0.535. The van der Waals surface area contributed by atoms with E-state index in [-0.39, 0.29) is 18.4 Å². The van der Waals surface area contributed by atoms with Gasteiger partial charge in [0.05, 0.1) is 13.1 Å². The number of amides is 2. The normalized spacial score (nSPS) is 19.7. The van der Waals surface area contributed by atoms with Crippen LogP contribution < -0.4 is 16.0 Å². The van der Waals surface area contributed by atoms with Crippen LogP contribution in [0, 0.1) is 0 Å². The molecule has 3 N–H and O–H groups in total. The summed E-state index contributed by atoms with van der Waals surface area (Å²) in [5.74, 6) is -0.190. The molecule has 0 bridgehead atoms. The van der Waals surface area contributed by atoms with Crippen LogP contribution in [0.2, 0.25) is 0 Å². The van der Waals surface area contributed by atoms with E-state index in [2.05, 4.69) is 16.0 Å². The first kappa shape index (κ1) is 10.4. The topological polar surface area (TPSA) is 70.2 Å². The molecule has 0 radical (unpaired) electrons. The van der Waals surface area contributed by atoms with Crippen LogP contribution in [0.1, 0.15) is 25.7 Å². The molecule has 2 aliphatic rings. The van der Waals surface area contributed by atoms with E-state index in [4.69, 9.17) is 0 Å². The number of hydrogen-bond acceptors (Lipinski definition) is 3. The summed E-state index contributed by atoms with van der Waals surface area (Å²) in [5, 5.41) is 8.49. The predicted molar refractivity (Wildman–Crippen MR) is 55.2 cm³/mol. The van der Waals surface area contributed by atoms with Crippen molar-refractivity contribution in [1.29, 1.82) is 0 Å². The van der Waals surface area contributed by atoms with Gasteiger partial charge >= 0.3 is 0 Å². The van der Waals surface area contributed by atoms with Crippen molar-refractivity contribution >= 4 is 11.8 Å². The Morgan fingerprint density at radius 2 is 1.60 bits per heavy atom. The molecule has 0 heterocycles. The SMILES string of the molecule is O=C(CNC1CC1)NCC(=O)NC1CC1. The van der Waals surface area contributed by atoms with Gasteiger partial charge in [-0.2, -0.15) is 0 Å². The number of carbonyl (C=O) groups is 2. The lowest BCUT2D eigenvalue weighted by atomic mass is 10.5. The first-order chi connectivity index (χ1) is 7.24. The lowest BCUT2D eigenvalue weighted by Gasteiger charge is -2.06. The van der Waals surface area contributed by atoms with Crippen LogP contribution in [0.3, 0.4) is 0 Å². The summed E-state index contributed by atoms with van der Waals surface area (Å²) >= 11 is 0. The Kier molecular flexibility index (Phi) is 3.20. The van der Waals surface area contributed by atoms with Crippen molar-refractivity contribution < 1.29 is 9.59 Å². The van der Waals surface area contributed by atoms with Crippen LogP contribution in [-0.4, -0.2) is 37.0 Å². The third-order valence-corrected chi connectivity index (χ3v) is 2.52. The molecule has 15 heavy (non-hydrogen) atoms. The Morgan fingerprint density at radius 3 is 2.20 bits per heavy atom. The van der Waals surface area contributed by atoms with Crippen molar-refractivity contribution in [3.05, 3.63) is 0 Å². The smallest absolute Gasteiger partial charge is 0.239 e. The van der Waals surface area contributed by atoms with Gasteiger partial charge in [0.25, 0.3) is 0 Å². The maximum absolute atomic E-state index is 11.2. The van der Waals surface area contributed by atoms with Gasteiger partial charge in [-0.1, -0.05) is 0 Å². The van der Waals surface area contributed by atoms with Gasteiger partial charge in [-0.05, 0) is 25.7 Å². The van der Waals surface area contributed by atoms with E-state index >= 15 is 0 Å². The zero-order chi connectivity index (χ0) is 10.7. The molecule has 0 saturated heterocycles. The molecule has 0 spiro atoms. The molecular weight excluding hydrogens is 194 g/mol. The minimum Gasteiger partial charge on any atom is -0.352 e. The van der Waals surface area contributed by atoms with Crippen molar-refractivity contribution in [2.45, 2.75) is 37.8 Å². The maximum atomic E-state index is 11.2. The van der Waals surface area contributed by atoms with Crippen LogP contribution in [0.5, 0.6) is 0 Å². The average Bonchev–Trinajstić information content (AvgIpc) is 3.04. The Bertz CT molecular complexity index is 259. The first-order valence-electron chi connectivity index (χ1n) is 5.53. The van der Waals surface area contributed by atoms with Crippen molar-refractivity contribution in [2.24, 2.45) is 0 Å². The molecule has 0 unspecified atom stereocenters. The van der Waals surface area contributed by atoms with E-state index in [1.54, 1.807) is 0 Å². The Hall–Kier alpha value is -1.10. The summed E-state index contributed by atoms with van der Waals surface area (Å²) < 4.78 is 0. The van der Waals surface area contributed by atoms with Gasteiger partial charge in [0.2, 0.25) is 11.8 Å². The van der Waals surface area contributed by atoms with Crippen LogP contribution in [0.15, 0.2) is 0 Å². The standard InChI is InChI=1S/C10H17N3O2/c14-9(5-11-7-1-2-7)12-6-10(15)13-8-3-4-8/h7-8,11H,1-6H2,(H,12,14)(H,13,15). The zero-order valence-corrected chi connectivity index (χ0v) is 8.71. The lowest BCUT2D eigenvalue weighted by Crippen LogP contribution is -2.41. The van der Waals surface area contributed by atoms with Gasteiger partial charge in [-0.15, -0.1) is 0 Å². The van der Waals surface area contributed by atoms with Crippen molar-refractivity contribution in [3.63, 3.8) is 0 Å². The average molecular weight is 211 g/mol. The number of nitrogens with one attached hydrogen (secondary N) is 3. The Balaban J connectivity index is 1.50. The predicted octanol–water partition coefficient (Wildman–Crippen LogP) is -0.867. The van der Waals surface area contributed by atoms with Crippen LogP contribution in [-0.2, 0) is 9.59 Å².